The predicted octanol–water partition coefficient (Wildman–Crippen LogP) is 4.23. The van der Waals surface area contributed by atoms with Crippen LogP contribution in [0.1, 0.15) is 16.7 Å². The van der Waals surface area contributed by atoms with Crippen LogP contribution >= 0.6 is 0 Å². The first kappa shape index (κ1) is 16.0. The van der Waals surface area contributed by atoms with E-state index in [9.17, 15) is 13.2 Å². The fraction of sp³-hybridized carbons (Fsp3) is 0.176. The van der Waals surface area contributed by atoms with E-state index in [0.29, 0.717) is 5.69 Å². The highest BCUT2D eigenvalue weighted by Crippen LogP contribution is 2.40. The zero-order chi connectivity index (χ0) is 17.2. The summed E-state index contributed by atoms with van der Waals surface area (Å²) in [6.07, 6.45) is -3.14. The third-order valence-electron chi connectivity index (χ3n) is 3.52. The second-order valence-electron chi connectivity index (χ2n) is 5.13. The minimum absolute atomic E-state index is 0.126. The number of hydroxylamine groups is 1. The number of alkyl halides is 3. The minimum Gasteiger partial charge on any atom is -0.268 e. The molecular weight excluding hydrogens is 319 g/mol. The molecular formula is C17H12F3N3O. The van der Waals surface area contributed by atoms with E-state index in [1.165, 1.54) is 17.3 Å². The van der Waals surface area contributed by atoms with Crippen LogP contribution in [0.4, 0.5) is 24.5 Å². The molecule has 0 saturated carbocycles. The molecule has 0 N–H and O–H groups in total. The highest BCUT2D eigenvalue weighted by molar-refractivity contribution is 5.82. The SMILES string of the molecule is N#Cc1cc2c(cc1C(F)(F)F)N=CCN2OCc1ccccc1. The first-order valence-electron chi connectivity index (χ1n) is 7.11. The van der Waals surface area contributed by atoms with Crippen molar-refractivity contribution in [3.05, 3.63) is 59.2 Å². The molecule has 3 rings (SSSR count). The zero-order valence-electron chi connectivity index (χ0n) is 12.4. The Bertz CT molecular complexity index is 810. The number of rotatable bonds is 3. The van der Waals surface area contributed by atoms with Crippen molar-refractivity contribution in [2.24, 2.45) is 4.99 Å². The summed E-state index contributed by atoms with van der Waals surface area (Å²) in [5.74, 6) is 0. The molecule has 0 atom stereocenters. The van der Waals surface area contributed by atoms with E-state index in [0.717, 1.165) is 11.6 Å². The van der Waals surface area contributed by atoms with Gasteiger partial charge >= 0.3 is 6.18 Å². The first-order chi connectivity index (χ1) is 11.5. The molecule has 1 aliphatic heterocycles. The average molecular weight is 331 g/mol. The monoisotopic (exact) mass is 331 g/mol. The Morgan fingerprint density at radius 2 is 1.96 bits per heavy atom. The molecule has 24 heavy (non-hydrogen) atoms. The van der Waals surface area contributed by atoms with Crippen molar-refractivity contribution in [1.29, 1.82) is 5.26 Å². The molecule has 0 saturated heterocycles. The van der Waals surface area contributed by atoms with Crippen LogP contribution in [0.2, 0.25) is 0 Å². The lowest BCUT2D eigenvalue weighted by molar-refractivity contribution is -0.137. The Labute approximate surface area is 136 Å². The lowest BCUT2D eigenvalue weighted by atomic mass is 10.0. The van der Waals surface area contributed by atoms with Gasteiger partial charge in [0.2, 0.25) is 0 Å². The van der Waals surface area contributed by atoms with Crippen LogP contribution in [0.25, 0.3) is 0 Å². The predicted molar refractivity (Wildman–Crippen MR) is 82.9 cm³/mol. The molecule has 2 aromatic carbocycles. The van der Waals surface area contributed by atoms with Crippen LogP contribution < -0.4 is 5.06 Å². The smallest absolute Gasteiger partial charge is 0.268 e. The average Bonchev–Trinajstić information content (AvgIpc) is 2.58. The Morgan fingerprint density at radius 1 is 1.21 bits per heavy atom. The summed E-state index contributed by atoms with van der Waals surface area (Å²) < 4.78 is 39.1. The van der Waals surface area contributed by atoms with Gasteiger partial charge < -0.3 is 0 Å². The molecule has 7 heteroatoms. The normalized spacial score (nSPS) is 13.5. The van der Waals surface area contributed by atoms with Crippen LogP contribution in [0.15, 0.2) is 47.5 Å². The van der Waals surface area contributed by atoms with E-state index in [1.54, 1.807) is 6.07 Å². The lowest BCUT2D eigenvalue weighted by Gasteiger charge is -2.27. The molecule has 0 fully saturated rings. The van der Waals surface area contributed by atoms with Crippen molar-refractivity contribution in [2.45, 2.75) is 12.8 Å². The van der Waals surface area contributed by atoms with Gasteiger partial charge in [-0.15, -0.1) is 0 Å². The van der Waals surface area contributed by atoms with E-state index in [2.05, 4.69) is 4.99 Å². The number of nitrogens with zero attached hydrogens (tertiary/aromatic N) is 3. The number of nitriles is 1. The summed E-state index contributed by atoms with van der Waals surface area (Å²) >= 11 is 0. The van der Waals surface area contributed by atoms with Crippen molar-refractivity contribution in [1.82, 2.24) is 0 Å². The standard InChI is InChI=1S/C17H12F3N3O/c18-17(19,20)14-9-15-16(8-13(14)10-21)23(7-6-22-15)24-11-12-4-2-1-3-5-12/h1-6,8-9H,7,11H2. The van der Waals surface area contributed by atoms with Crippen LogP contribution in [0.3, 0.4) is 0 Å². The van der Waals surface area contributed by atoms with Crippen molar-refractivity contribution >= 4 is 17.6 Å². The molecule has 0 spiro atoms. The van der Waals surface area contributed by atoms with Gasteiger partial charge in [-0.25, -0.2) is 5.06 Å². The second kappa shape index (κ2) is 6.34. The summed E-state index contributed by atoms with van der Waals surface area (Å²) in [6, 6.07) is 13.0. The number of aliphatic imine (C=N–C) groups is 1. The van der Waals surface area contributed by atoms with Crippen molar-refractivity contribution < 1.29 is 18.0 Å². The number of halogens is 3. The van der Waals surface area contributed by atoms with E-state index < -0.39 is 17.3 Å². The fourth-order valence-corrected chi connectivity index (χ4v) is 2.37. The lowest BCUT2D eigenvalue weighted by Crippen LogP contribution is -2.28. The maximum absolute atomic E-state index is 13.0. The Kier molecular flexibility index (Phi) is 4.23. The number of hydrogen-bond donors (Lipinski definition) is 0. The van der Waals surface area contributed by atoms with Crippen LogP contribution in [-0.4, -0.2) is 12.8 Å². The molecule has 0 aromatic heterocycles. The Balaban J connectivity index is 1.90. The van der Waals surface area contributed by atoms with Gasteiger partial charge in [-0.2, -0.15) is 18.4 Å². The molecule has 1 heterocycles. The highest BCUT2D eigenvalue weighted by Gasteiger charge is 2.35. The largest absolute Gasteiger partial charge is 0.417 e. The quantitative estimate of drug-likeness (QED) is 0.845. The van der Waals surface area contributed by atoms with Crippen LogP contribution in [0.5, 0.6) is 0 Å². The Morgan fingerprint density at radius 3 is 2.62 bits per heavy atom. The third kappa shape index (κ3) is 3.24. The van der Waals surface area contributed by atoms with E-state index in [4.69, 9.17) is 10.1 Å². The second-order valence-corrected chi connectivity index (χ2v) is 5.13. The van der Waals surface area contributed by atoms with E-state index >= 15 is 0 Å². The van der Waals surface area contributed by atoms with Gasteiger partial charge in [0.15, 0.2) is 0 Å². The molecule has 122 valence electrons. The van der Waals surface area contributed by atoms with Crippen molar-refractivity contribution in [3.63, 3.8) is 0 Å². The van der Waals surface area contributed by atoms with E-state index in [-0.39, 0.29) is 18.8 Å². The number of fused-ring (bicyclic) bond motifs is 1. The number of anilines is 1. The maximum atomic E-state index is 13.0. The summed E-state index contributed by atoms with van der Waals surface area (Å²) in [6.45, 7) is 0.549. The molecule has 4 nitrogen and oxygen atoms in total. The van der Waals surface area contributed by atoms with E-state index in [1.807, 2.05) is 30.3 Å². The number of benzene rings is 2. The van der Waals surface area contributed by atoms with Crippen LogP contribution in [-0.2, 0) is 17.6 Å². The molecule has 0 amide bonds. The van der Waals surface area contributed by atoms with Gasteiger partial charge in [0.25, 0.3) is 0 Å². The van der Waals surface area contributed by atoms with Gasteiger partial charge in [-0.3, -0.25) is 9.83 Å². The minimum atomic E-state index is -4.61. The fourth-order valence-electron chi connectivity index (χ4n) is 2.37. The topological polar surface area (TPSA) is 48.6 Å². The first-order valence-corrected chi connectivity index (χ1v) is 7.11. The molecule has 0 unspecified atom stereocenters. The van der Waals surface area contributed by atoms with Gasteiger partial charge in [-0.1, -0.05) is 30.3 Å². The van der Waals surface area contributed by atoms with Crippen molar-refractivity contribution in [3.8, 4) is 6.07 Å². The molecule has 0 bridgehead atoms. The highest BCUT2D eigenvalue weighted by atomic mass is 19.4. The Hall–Kier alpha value is -2.85. The molecule has 0 aliphatic carbocycles. The van der Waals surface area contributed by atoms with Gasteiger partial charge in [0.05, 0.1) is 41.7 Å². The van der Waals surface area contributed by atoms with Gasteiger partial charge in [0, 0.05) is 6.21 Å². The zero-order valence-corrected chi connectivity index (χ0v) is 12.4. The van der Waals surface area contributed by atoms with Gasteiger partial charge in [-0.05, 0) is 17.7 Å². The van der Waals surface area contributed by atoms with Crippen LogP contribution in [0, 0.1) is 11.3 Å². The van der Waals surface area contributed by atoms with Gasteiger partial charge in [0.1, 0.15) is 0 Å². The molecule has 0 radical (unpaired) electrons. The summed E-state index contributed by atoms with van der Waals surface area (Å²) in [4.78, 5) is 9.66. The number of hydrogen-bond acceptors (Lipinski definition) is 4. The maximum Gasteiger partial charge on any atom is 0.417 e. The summed E-state index contributed by atoms with van der Waals surface area (Å²) in [5, 5.41) is 10.5. The summed E-state index contributed by atoms with van der Waals surface area (Å²) in [5.41, 5.74) is -0.0509. The third-order valence-corrected chi connectivity index (χ3v) is 3.52. The van der Waals surface area contributed by atoms with Crippen molar-refractivity contribution in [2.75, 3.05) is 11.6 Å². The molecule has 1 aliphatic rings. The summed E-state index contributed by atoms with van der Waals surface area (Å²) in [7, 11) is 0. The molecule has 2 aromatic rings.